The van der Waals surface area contributed by atoms with Gasteiger partial charge in [-0.2, -0.15) is 0 Å². The summed E-state index contributed by atoms with van der Waals surface area (Å²) in [5.41, 5.74) is 7.05. The number of nitrogens with zero attached hydrogens (tertiary/aromatic N) is 1. The molecule has 2 aliphatic heterocycles. The van der Waals surface area contributed by atoms with Crippen LogP contribution in [0.1, 0.15) is 36.0 Å². The maximum absolute atomic E-state index is 12.2. The van der Waals surface area contributed by atoms with Crippen molar-refractivity contribution in [3.8, 4) is 0 Å². The Hall–Kier alpha value is -1.07. The zero-order valence-electron chi connectivity index (χ0n) is 12.3. The minimum atomic E-state index is -0.0273. The number of nitrogen functional groups attached to an aromatic ring is 1. The summed E-state index contributed by atoms with van der Waals surface area (Å²) in [5.74, 6) is 0.580. The van der Waals surface area contributed by atoms with Gasteiger partial charge in [0.1, 0.15) is 0 Å². The molecule has 2 unspecified atom stereocenters. The molecule has 0 radical (unpaired) electrons. The first-order chi connectivity index (χ1) is 10.0. The average molecular weight is 352 g/mol. The molecule has 114 valence electrons. The molecule has 3 rings (SSSR count). The van der Waals surface area contributed by atoms with Gasteiger partial charge >= 0.3 is 0 Å². The summed E-state index contributed by atoms with van der Waals surface area (Å²) in [6.45, 7) is 0.773. The van der Waals surface area contributed by atoms with E-state index in [1.165, 1.54) is 25.7 Å². The monoisotopic (exact) mass is 351 g/mol. The zero-order valence-corrected chi connectivity index (χ0v) is 13.9. The number of nitrogens with two attached hydrogens (primary N) is 1. The first-order valence-electron chi connectivity index (χ1n) is 7.59. The van der Waals surface area contributed by atoms with E-state index in [1.54, 1.807) is 12.1 Å². The quantitative estimate of drug-likeness (QED) is 0.823. The van der Waals surface area contributed by atoms with Gasteiger partial charge in [0.25, 0.3) is 5.91 Å². The molecule has 3 N–H and O–H groups in total. The molecule has 0 aromatic heterocycles. The maximum Gasteiger partial charge on any atom is 0.251 e. The lowest BCUT2D eigenvalue weighted by molar-refractivity contribution is 0.0917. The van der Waals surface area contributed by atoms with Crippen LogP contribution in [0.15, 0.2) is 22.7 Å². The van der Waals surface area contributed by atoms with E-state index in [4.69, 9.17) is 5.73 Å². The van der Waals surface area contributed by atoms with E-state index in [0.717, 1.165) is 11.0 Å². The van der Waals surface area contributed by atoms with E-state index in [0.29, 0.717) is 29.3 Å². The SMILES string of the molecule is CN1C2CCC1CC(CNC(=O)c1ccc(Br)c(N)c1)C2. The van der Waals surface area contributed by atoms with Crippen molar-refractivity contribution in [1.82, 2.24) is 10.2 Å². The van der Waals surface area contributed by atoms with E-state index in [2.05, 4.69) is 33.2 Å². The van der Waals surface area contributed by atoms with E-state index in [9.17, 15) is 4.79 Å². The van der Waals surface area contributed by atoms with Gasteiger partial charge in [-0.15, -0.1) is 0 Å². The number of amides is 1. The normalized spacial score (nSPS) is 28.6. The van der Waals surface area contributed by atoms with E-state index in [1.807, 2.05) is 6.07 Å². The Balaban J connectivity index is 1.55. The summed E-state index contributed by atoms with van der Waals surface area (Å²) >= 11 is 3.34. The number of carbonyl (C=O) groups excluding carboxylic acids is 1. The second kappa shape index (κ2) is 5.97. The third-order valence-corrected chi connectivity index (χ3v) is 5.73. The lowest BCUT2D eigenvalue weighted by Gasteiger charge is -2.36. The Morgan fingerprint density at radius 1 is 1.38 bits per heavy atom. The summed E-state index contributed by atoms with van der Waals surface area (Å²) in [6.07, 6.45) is 5.04. The highest BCUT2D eigenvalue weighted by molar-refractivity contribution is 9.10. The van der Waals surface area contributed by atoms with Gasteiger partial charge in [-0.05, 0) is 72.8 Å². The highest BCUT2D eigenvalue weighted by atomic mass is 79.9. The van der Waals surface area contributed by atoms with Crippen LogP contribution in [0.4, 0.5) is 5.69 Å². The van der Waals surface area contributed by atoms with Gasteiger partial charge in [0.15, 0.2) is 0 Å². The van der Waals surface area contributed by atoms with Crippen molar-refractivity contribution in [1.29, 1.82) is 0 Å². The number of fused-ring (bicyclic) bond motifs is 2. The fourth-order valence-electron chi connectivity index (χ4n) is 3.71. The van der Waals surface area contributed by atoms with Gasteiger partial charge in [-0.1, -0.05) is 0 Å². The Morgan fingerprint density at radius 2 is 2.05 bits per heavy atom. The van der Waals surface area contributed by atoms with Crippen molar-refractivity contribution in [2.75, 3.05) is 19.3 Å². The predicted molar refractivity (Wildman–Crippen MR) is 88.2 cm³/mol. The van der Waals surface area contributed by atoms with Crippen LogP contribution in [0.2, 0.25) is 0 Å². The molecular formula is C16H22BrN3O. The topological polar surface area (TPSA) is 58.4 Å². The summed E-state index contributed by atoms with van der Waals surface area (Å²) in [4.78, 5) is 14.7. The minimum Gasteiger partial charge on any atom is -0.398 e. The molecule has 2 heterocycles. The van der Waals surface area contributed by atoms with Crippen molar-refractivity contribution in [3.05, 3.63) is 28.2 Å². The third-order valence-electron chi connectivity index (χ3n) is 5.01. The highest BCUT2D eigenvalue weighted by Gasteiger charge is 2.38. The first kappa shape index (κ1) is 14.9. The number of hydrogen-bond acceptors (Lipinski definition) is 3. The second-order valence-electron chi connectivity index (χ2n) is 6.33. The second-order valence-corrected chi connectivity index (χ2v) is 7.19. The molecule has 0 saturated carbocycles. The van der Waals surface area contributed by atoms with Gasteiger partial charge in [0, 0.05) is 34.4 Å². The molecule has 2 saturated heterocycles. The van der Waals surface area contributed by atoms with E-state index in [-0.39, 0.29) is 5.91 Å². The average Bonchev–Trinajstić information content (AvgIpc) is 2.69. The minimum absolute atomic E-state index is 0.0273. The Labute approximate surface area is 134 Å². The maximum atomic E-state index is 12.2. The van der Waals surface area contributed by atoms with Crippen molar-refractivity contribution >= 4 is 27.5 Å². The number of carbonyl (C=O) groups is 1. The number of hydrogen-bond donors (Lipinski definition) is 2. The van der Waals surface area contributed by atoms with E-state index < -0.39 is 0 Å². The zero-order chi connectivity index (χ0) is 15.0. The summed E-state index contributed by atoms with van der Waals surface area (Å²) in [5, 5.41) is 3.07. The number of anilines is 1. The molecule has 2 bridgehead atoms. The predicted octanol–water partition coefficient (Wildman–Crippen LogP) is 2.63. The molecule has 2 aliphatic rings. The lowest BCUT2D eigenvalue weighted by atomic mass is 9.91. The molecule has 21 heavy (non-hydrogen) atoms. The molecule has 4 nitrogen and oxygen atoms in total. The van der Waals surface area contributed by atoms with Crippen molar-refractivity contribution in [2.45, 2.75) is 37.8 Å². The van der Waals surface area contributed by atoms with Crippen molar-refractivity contribution < 1.29 is 4.79 Å². The van der Waals surface area contributed by atoms with Crippen LogP contribution in [0.5, 0.6) is 0 Å². The summed E-state index contributed by atoms with van der Waals surface area (Å²) < 4.78 is 0.825. The van der Waals surface area contributed by atoms with Gasteiger partial charge < -0.3 is 16.0 Å². The Morgan fingerprint density at radius 3 is 2.67 bits per heavy atom. The van der Waals surface area contributed by atoms with E-state index >= 15 is 0 Å². The van der Waals surface area contributed by atoms with Gasteiger partial charge in [-0.25, -0.2) is 0 Å². The highest BCUT2D eigenvalue weighted by Crippen LogP contribution is 2.37. The Bertz CT molecular complexity index is 534. The van der Waals surface area contributed by atoms with Crippen LogP contribution in [-0.4, -0.2) is 36.5 Å². The molecule has 2 fully saturated rings. The molecule has 1 aromatic rings. The number of piperidine rings is 1. The first-order valence-corrected chi connectivity index (χ1v) is 8.39. The summed E-state index contributed by atoms with van der Waals surface area (Å²) in [6, 6.07) is 6.77. The number of benzene rings is 1. The standard InChI is InChI=1S/C16H22BrN3O/c1-20-12-3-4-13(20)7-10(6-12)9-19-16(21)11-2-5-14(17)15(18)8-11/h2,5,8,10,12-13H,3-4,6-7,9,18H2,1H3,(H,19,21). The largest absolute Gasteiger partial charge is 0.398 e. The van der Waals surface area contributed by atoms with Crippen LogP contribution >= 0.6 is 15.9 Å². The van der Waals surface area contributed by atoms with Gasteiger partial charge in [0.2, 0.25) is 0 Å². The lowest BCUT2D eigenvalue weighted by Crippen LogP contribution is -2.43. The molecule has 5 heteroatoms. The number of nitrogens with one attached hydrogen (secondary N) is 1. The molecule has 2 atom stereocenters. The van der Waals surface area contributed by atoms with Crippen LogP contribution in [-0.2, 0) is 0 Å². The molecule has 0 spiro atoms. The van der Waals surface area contributed by atoms with Gasteiger partial charge in [-0.3, -0.25) is 4.79 Å². The molecular weight excluding hydrogens is 330 g/mol. The number of rotatable bonds is 3. The van der Waals surface area contributed by atoms with Crippen LogP contribution in [0.25, 0.3) is 0 Å². The van der Waals surface area contributed by atoms with Crippen molar-refractivity contribution in [3.63, 3.8) is 0 Å². The van der Waals surface area contributed by atoms with Crippen LogP contribution < -0.4 is 11.1 Å². The fraction of sp³-hybridized carbons (Fsp3) is 0.562. The fourth-order valence-corrected chi connectivity index (χ4v) is 3.96. The van der Waals surface area contributed by atoms with Crippen LogP contribution in [0, 0.1) is 5.92 Å². The molecule has 0 aliphatic carbocycles. The summed E-state index contributed by atoms with van der Waals surface area (Å²) in [7, 11) is 2.24. The molecule has 1 amide bonds. The number of halogens is 1. The van der Waals surface area contributed by atoms with Crippen molar-refractivity contribution in [2.24, 2.45) is 5.92 Å². The Kier molecular flexibility index (Phi) is 4.22. The molecule has 1 aromatic carbocycles. The van der Waals surface area contributed by atoms with Crippen LogP contribution in [0.3, 0.4) is 0 Å². The smallest absolute Gasteiger partial charge is 0.251 e. The van der Waals surface area contributed by atoms with Gasteiger partial charge in [0.05, 0.1) is 0 Å². The third kappa shape index (κ3) is 3.09.